The molecule has 142 valence electrons. The van der Waals surface area contributed by atoms with Gasteiger partial charge in [-0.05, 0) is 18.9 Å². The maximum atomic E-state index is 12.0. The number of rotatable bonds is 8. The second kappa shape index (κ2) is 8.41. The van der Waals surface area contributed by atoms with Gasteiger partial charge in [-0.15, -0.1) is 0 Å². The van der Waals surface area contributed by atoms with Crippen LogP contribution >= 0.6 is 0 Å². The van der Waals surface area contributed by atoms with Crippen LogP contribution in [0.5, 0.6) is 0 Å². The number of anilines is 1. The second-order valence-electron chi connectivity index (χ2n) is 6.12. The third-order valence-corrected chi connectivity index (χ3v) is 4.30. The summed E-state index contributed by atoms with van der Waals surface area (Å²) in [5.41, 5.74) is 4.84. The van der Waals surface area contributed by atoms with E-state index in [1.165, 1.54) is 12.3 Å². The number of aryl methyl sites for hydroxylation is 1. The van der Waals surface area contributed by atoms with Crippen LogP contribution in [0.4, 0.5) is 5.82 Å². The van der Waals surface area contributed by atoms with Crippen LogP contribution in [0.3, 0.4) is 0 Å². The molecule has 0 radical (unpaired) electrons. The van der Waals surface area contributed by atoms with Gasteiger partial charge in [0.2, 0.25) is 0 Å². The van der Waals surface area contributed by atoms with Gasteiger partial charge in [0.15, 0.2) is 6.23 Å². The highest BCUT2D eigenvalue weighted by Crippen LogP contribution is 2.30. The first-order valence-electron chi connectivity index (χ1n) is 8.46. The lowest BCUT2D eigenvalue weighted by Crippen LogP contribution is -2.38. The fourth-order valence-electron chi connectivity index (χ4n) is 2.96. The predicted molar refractivity (Wildman–Crippen MR) is 91.1 cm³/mol. The molecule has 0 aromatic carbocycles. The molecule has 26 heavy (non-hydrogen) atoms. The van der Waals surface area contributed by atoms with Gasteiger partial charge < -0.3 is 30.0 Å². The molecule has 0 bridgehead atoms. The molecule has 0 saturated carbocycles. The quantitative estimate of drug-likeness (QED) is 0.514. The molecular weight excluding hydrogens is 342 g/mol. The summed E-state index contributed by atoms with van der Waals surface area (Å²) in [5, 5.41) is 20.0. The topological polar surface area (TPSA) is 138 Å². The highest BCUT2D eigenvalue weighted by Gasteiger charge is 2.45. The van der Waals surface area contributed by atoms with E-state index in [0.717, 1.165) is 24.0 Å². The molecule has 0 spiro atoms. The van der Waals surface area contributed by atoms with Gasteiger partial charge in [-0.2, -0.15) is 4.98 Å². The summed E-state index contributed by atoms with van der Waals surface area (Å²) >= 11 is 0. The minimum Gasteiger partial charge on any atom is -0.394 e. The molecule has 10 nitrogen and oxygen atoms in total. The Balaban J connectivity index is 1.55. The fourth-order valence-corrected chi connectivity index (χ4v) is 2.96. The van der Waals surface area contributed by atoms with Crippen molar-refractivity contribution in [3.05, 3.63) is 41.5 Å². The van der Waals surface area contributed by atoms with Gasteiger partial charge in [-0.1, -0.05) is 0 Å². The molecule has 4 N–H and O–H groups in total. The van der Waals surface area contributed by atoms with Crippen molar-refractivity contribution < 1.29 is 19.7 Å². The normalized spacial score (nSPS) is 25.6. The van der Waals surface area contributed by atoms with Crippen molar-refractivity contribution in [2.75, 3.05) is 18.9 Å². The number of unbranched alkanes of at least 4 members (excludes halogenated alkanes) is 1. The van der Waals surface area contributed by atoms with Crippen LogP contribution in [0, 0.1) is 0 Å². The Bertz CT molecular complexity index is 750. The summed E-state index contributed by atoms with van der Waals surface area (Å²) in [7, 11) is 0. The lowest BCUT2D eigenvalue weighted by Gasteiger charge is -2.20. The molecule has 0 unspecified atom stereocenters. The molecule has 1 saturated heterocycles. The highest BCUT2D eigenvalue weighted by molar-refractivity contribution is 5.23. The van der Waals surface area contributed by atoms with Crippen LogP contribution < -0.4 is 11.4 Å². The average molecular weight is 365 g/mol. The molecule has 0 amide bonds. The number of nitrogens with zero attached hydrogens (tertiary/aromatic N) is 4. The minimum atomic E-state index is -1.11. The summed E-state index contributed by atoms with van der Waals surface area (Å²) in [6, 6.07) is 1.44. The Hall–Kier alpha value is -2.27. The monoisotopic (exact) mass is 365 g/mol. The SMILES string of the molecule is Nc1ccn([C@@H]2O[C@H](CO)[C@@H](OCCCCn3ccnc3)[C@H]2O)c(=O)n1. The number of aromatic nitrogens is 4. The Morgan fingerprint density at radius 2 is 2.19 bits per heavy atom. The summed E-state index contributed by atoms with van der Waals surface area (Å²) in [4.78, 5) is 19.6. The number of aliphatic hydroxyl groups is 2. The zero-order valence-electron chi connectivity index (χ0n) is 14.2. The van der Waals surface area contributed by atoms with E-state index in [2.05, 4.69) is 9.97 Å². The van der Waals surface area contributed by atoms with E-state index in [0.29, 0.717) is 6.61 Å². The number of aliphatic hydroxyl groups excluding tert-OH is 2. The van der Waals surface area contributed by atoms with Crippen molar-refractivity contribution >= 4 is 5.82 Å². The molecule has 10 heteroatoms. The van der Waals surface area contributed by atoms with Crippen molar-refractivity contribution in [3.8, 4) is 0 Å². The van der Waals surface area contributed by atoms with Crippen molar-refractivity contribution in [1.29, 1.82) is 0 Å². The predicted octanol–water partition coefficient (Wildman–Crippen LogP) is -0.862. The second-order valence-corrected chi connectivity index (χ2v) is 6.12. The third kappa shape index (κ3) is 4.10. The summed E-state index contributed by atoms with van der Waals surface area (Å²) in [6.07, 6.45) is 4.87. The van der Waals surface area contributed by atoms with Gasteiger partial charge in [0.1, 0.15) is 24.1 Å². The van der Waals surface area contributed by atoms with Crippen molar-refractivity contribution in [3.63, 3.8) is 0 Å². The zero-order chi connectivity index (χ0) is 18.5. The first kappa shape index (κ1) is 18.5. The number of ether oxygens (including phenoxy) is 2. The Morgan fingerprint density at radius 1 is 1.35 bits per heavy atom. The Morgan fingerprint density at radius 3 is 2.88 bits per heavy atom. The molecule has 0 aliphatic carbocycles. The van der Waals surface area contributed by atoms with Crippen LogP contribution in [0.25, 0.3) is 0 Å². The van der Waals surface area contributed by atoms with Gasteiger partial charge in [0, 0.05) is 31.7 Å². The van der Waals surface area contributed by atoms with Crippen LogP contribution in [-0.4, -0.2) is 60.8 Å². The smallest absolute Gasteiger partial charge is 0.351 e. The van der Waals surface area contributed by atoms with E-state index in [1.807, 2.05) is 10.8 Å². The summed E-state index contributed by atoms with van der Waals surface area (Å²) in [5.74, 6) is 0.0862. The molecule has 2 aromatic rings. The lowest BCUT2D eigenvalue weighted by molar-refractivity contribution is -0.0626. The van der Waals surface area contributed by atoms with Gasteiger partial charge in [-0.25, -0.2) is 9.78 Å². The number of hydrogen-bond donors (Lipinski definition) is 3. The largest absolute Gasteiger partial charge is 0.394 e. The van der Waals surface area contributed by atoms with E-state index in [-0.39, 0.29) is 12.4 Å². The number of nitrogen functional groups attached to an aromatic ring is 1. The molecule has 1 aliphatic rings. The van der Waals surface area contributed by atoms with E-state index in [4.69, 9.17) is 15.2 Å². The standard InChI is InChI=1S/C16H23N5O5/c17-12-3-6-21(16(24)19-12)15-13(23)14(11(9-22)26-15)25-8-2-1-5-20-7-4-18-10-20/h3-4,6-7,10-11,13-15,22-23H,1-2,5,8-9H2,(H2,17,19,24)/t11-,13-,14-,15-/m1/s1. The van der Waals surface area contributed by atoms with Crippen molar-refractivity contribution in [1.82, 2.24) is 19.1 Å². The summed E-state index contributed by atoms with van der Waals surface area (Å²) in [6.45, 7) is 0.897. The number of hydrogen-bond acceptors (Lipinski definition) is 8. The number of nitrogens with two attached hydrogens (primary N) is 1. The third-order valence-electron chi connectivity index (χ3n) is 4.30. The van der Waals surface area contributed by atoms with Crippen molar-refractivity contribution in [2.45, 2.75) is 43.9 Å². The van der Waals surface area contributed by atoms with Gasteiger partial charge in [-0.3, -0.25) is 4.57 Å². The van der Waals surface area contributed by atoms with Gasteiger partial charge in [0.05, 0.1) is 12.9 Å². The van der Waals surface area contributed by atoms with Crippen LogP contribution in [0.15, 0.2) is 35.8 Å². The molecule has 3 heterocycles. The number of imidazole rings is 1. The maximum absolute atomic E-state index is 12.0. The van der Waals surface area contributed by atoms with E-state index < -0.39 is 30.2 Å². The van der Waals surface area contributed by atoms with Crippen LogP contribution in [0.1, 0.15) is 19.1 Å². The van der Waals surface area contributed by atoms with E-state index >= 15 is 0 Å². The molecule has 2 aromatic heterocycles. The molecule has 3 rings (SSSR count). The lowest BCUT2D eigenvalue weighted by atomic mass is 10.1. The summed E-state index contributed by atoms with van der Waals surface area (Å²) < 4.78 is 14.5. The van der Waals surface area contributed by atoms with E-state index in [1.54, 1.807) is 12.5 Å². The molecule has 1 fully saturated rings. The van der Waals surface area contributed by atoms with Crippen molar-refractivity contribution in [2.24, 2.45) is 0 Å². The van der Waals surface area contributed by atoms with Gasteiger partial charge >= 0.3 is 5.69 Å². The zero-order valence-corrected chi connectivity index (χ0v) is 14.2. The van der Waals surface area contributed by atoms with Crippen LogP contribution in [-0.2, 0) is 16.0 Å². The Kier molecular flexibility index (Phi) is 5.99. The minimum absolute atomic E-state index is 0.0862. The highest BCUT2D eigenvalue weighted by atomic mass is 16.6. The first-order chi connectivity index (χ1) is 12.6. The van der Waals surface area contributed by atoms with E-state index in [9.17, 15) is 15.0 Å². The van der Waals surface area contributed by atoms with Gasteiger partial charge in [0.25, 0.3) is 0 Å². The molecular formula is C16H23N5O5. The fraction of sp³-hybridized carbons (Fsp3) is 0.562. The first-order valence-corrected chi connectivity index (χ1v) is 8.46. The Labute approximate surface area is 149 Å². The van der Waals surface area contributed by atoms with Crippen LogP contribution in [0.2, 0.25) is 0 Å². The molecule has 1 aliphatic heterocycles. The average Bonchev–Trinajstić information content (AvgIpc) is 3.23. The maximum Gasteiger partial charge on any atom is 0.351 e. The molecule has 4 atom stereocenters.